The van der Waals surface area contributed by atoms with Gasteiger partial charge in [0.05, 0.1) is 0 Å². The Morgan fingerprint density at radius 1 is 1.20 bits per heavy atom. The predicted molar refractivity (Wildman–Crippen MR) is 86.6 cm³/mol. The number of hydrogen-bond acceptors (Lipinski definition) is 1. The molecule has 2 nitrogen and oxygen atoms in total. The normalized spacial score (nSPS) is 15.4. The van der Waals surface area contributed by atoms with Gasteiger partial charge in [0, 0.05) is 19.0 Å². The van der Waals surface area contributed by atoms with Crippen molar-refractivity contribution in [2.75, 3.05) is 13.1 Å². The van der Waals surface area contributed by atoms with E-state index in [4.69, 9.17) is 0 Å². The summed E-state index contributed by atoms with van der Waals surface area (Å²) >= 11 is 0. The van der Waals surface area contributed by atoms with Crippen molar-refractivity contribution >= 4 is 5.91 Å². The van der Waals surface area contributed by atoms with E-state index in [0.717, 1.165) is 31.8 Å². The molecule has 0 aromatic rings. The second-order valence-electron chi connectivity index (χ2n) is 6.71. The standard InChI is InChI=1S/C18H31NO/c1-14(2)7-6-8-16(5)11-12-19(13-17-9-10-17)18(20)15(3)4/h7,11,15,17H,6,8-10,12-13H2,1-5H3/b16-11+. The molecule has 0 saturated heterocycles. The van der Waals surface area contributed by atoms with Crippen LogP contribution in [-0.4, -0.2) is 23.9 Å². The lowest BCUT2D eigenvalue weighted by atomic mass is 10.1. The highest BCUT2D eigenvalue weighted by atomic mass is 16.2. The summed E-state index contributed by atoms with van der Waals surface area (Å²) in [5.41, 5.74) is 2.77. The molecule has 0 aromatic carbocycles. The number of hydrogen-bond donors (Lipinski definition) is 0. The lowest BCUT2D eigenvalue weighted by Crippen LogP contribution is -2.36. The molecule has 0 bridgehead atoms. The van der Waals surface area contributed by atoms with Gasteiger partial charge in [-0.1, -0.05) is 37.1 Å². The number of rotatable bonds is 8. The summed E-state index contributed by atoms with van der Waals surface area (Å²) in [5, 5.41) is 0. The predicted octanol–water partition coefficient (Wildman–Crippen LogP) is 4.57. The van der Waals surface area contributed by atoms with Gasteiger partial charge in [-0.3, -0.25) is 4.79 Å². The summed E-state index contributed by atoms with van der Waals surface area (Å²) in [6.45, 7) is 12.2. The molecule has 0 radical (unpaired) electrons. The Hall–Kier alpha value is -1.05. The van der Waals surface area contributed by atoms with E-state index in [1.807, 2.05) is 18.7 Å². The van der Waals surface area contributed by atoms with E-state index in [1.54, 1.807) is 0 Å². The molecule has 0 aliphatic heterocycles. The lowest BCUT2D eigenvalue weighted by Gasteiger charge is -2.23. The fourth-order valence-electron chi connectivity index (χ4n) is 2.19. The largest absolute Gasteiger partial charge is 0.338 e. The van der Waals surface area contributed by atoms with E-state index < -0.39 is 0 Å². The maximum atomic E-state index is 12.2. The Labute approximate surface area is 124 Å². The minimum absolute atomic E-state index is 0.105. The van der Waals surface area contributed by atoms with Crippen molar-refractivity contribution in [2.24, 2.45) is 11.8 Å². The van der Waals surface area contributed by atoms with Crippen LogP contribution in [0.4, 0.5) is 0 Å². The third-order valence-corrected chi connectivity index (χ3v) is 3.73. The molecular formula is C18H31NO. The van der Waals surface area contributed by atoms with Crippen LogP contribution < -0.4 is 0 Å². The number of amides is 1. The molecule has 1 rings (SSSR count). The van der Waals surface area contributed by atoms with Crippen LogP contribution in [0.25, 0.3) is 0 Å². The van der Waals surface area contributed by atoms with Crippen LogP contribution in [0.2, 0.25) is 0 Å². The molecule has 0 aromatic heterocycles. The van der Waals surface area contributed by atoms with Gasteiger partial charge in [0.25, 0.3) is 0 Å². The fourth-order valence-corrected chi connectivity index (χ4v) is 2.19. The molecule has 2 heteroatoms. The van der Waals surface area contributed by atoms with Crippen LogP contribution in [0.1, 0.15) is 60.3 Å². The van der Waals surface area contributed by atoms with Gasteiger partial charge in [-0.15, -0.1) is 0 Å². The van der Waals surface area contributed by atoms with E-state index >= 15 is 0 Å². The number of allylic oxidation sites excluding steroid dienone is 3. The zero-order valence-electron chi connectivity index (χ0n) is 13.9. The minimum Gasteiger partial charge on any atom is -0.338 e. The van der Waals surface area contributed by atoms with E-state index in [0.29, 0.717) is 5.91 Å². The van der Waals surface area contributed by atoms with Crippen molar-refractivity contribution in [3.8, 4) is 0 Å². The van der Waals surface area contributed by atoms with Gasteiger partial charge in [-0.2, -0.15) is 0 Å². The van der Waals surface area contributed by atoms with E-state index in [-0.39, 0.29) is 5.92 Å². The first kappa shape index (κ1) is 17.0. The van der Waals surface area contributed by atoms with Crippen molar-refractivity contribution < 1.29 is 4.79 Å². The maximum absolute atomic E-state index is 12.2. The zero-order valence-corrected chi connectivity index (χ0v) is 13.9. The van der Waals surface area contributed by atoms with Crippen molar-refractivity contribution in [1.82, 2.24) is 4.90 Å². The Morgan fingerprint density at radius 3 is 2.35 bits per heavy atom. The van der Waals surface area contributed by atoms with Gasteiger partial charge in [-0.05, 0) is 52.4 Å². The monoisotopic (exact) mass is 277 g/mol. The van der Waals surface area contributed by atoms with Gasteiger partial charge in [0.15, 0.2) is 0 Å². The minimum atomic E-state index is 0.105. The van der Waals surface area contributed by atoms with Gasteiger partial charge in [-0.25, -0.2) is 0 Å². The van der Waals surface area contributed by atoms with Crippen LogP contribution in [0, 0.1) is 11.8 Å². The third-order valence-electron chi connectivity index (χ3n) is 3.73. The molecule has 1 aliphatic carbocycles. The van der Waals surface area contributed by atoms with Crippen LogP contribution in [0.15, 0.2) is 23.3 Å². The fraction of sp³-hybridized carbons (Fsp3) is 0.722. The van der Waals surface area contributed by atoms with Crippen LogP contribution in [-0.2, 0) is 4.79 Å². The smallest absolute Gasteiger partial charge is 0.225 e. The highest BCUT2D eigenvalue weighted by molar-refractivity contribution is 5.78. The van der Waals surface area contributed by atoms with Crippen molar-refractivity contribution in [2.45, 2.75) is 60.3 Å². The number of carbonyl (C=O) groups is 1. The van der Waals surface area contributed by atoms with E-state index in [9.17, 15) is 4.79 Å². The summed E-state index contributed by atoms with van der Waals surface area (Å²) in [5.74, 6) is 1.16. The van der Waals surface area contributed by atoms with Gasteiger partial charge >= 0.3 is 0 Å². The molecular weight excluding hydrogens is 246 g/mol. The topological polar surface area (TPSA) is 20.3 Å². The highest BCUT2D eigenvalue weighted by Gasteiger charge is 2.27. The summed E-state index contributed by atoms with van der Waals surface area (Å²) in [7, 11) is 0. The third kappa shape index (κ3) is 6.93. The second kappa shape index (κ2) is 8.28. The first-order valence-corrected chi connectivity index (χ1v) is 7.98. The molecule has 0 atom stereocenters. The van der Waals surface area contributed by atoms with Crippen molar-refractivity contribution in [3.05, 3.63) is 23.3 Å². The molecule has 1 fully saturated rings. The molecule has 0 heterocycles. The SMILES string of the molecule is CC(C)=CCC/C(C)=C/CN(CC1CC1)C(=O)C(C)C. The molecule has 0 N–H and O–H groups in total. The Balaban J connectivity index is 2.46. The Kier molecular flexibility index (Phi) is 7.04. The Bertz CT molecular complexity index is 371. The van der Waals surface area contributed by atoms with Gasteiger partial charge in [0.1, 0.15) is 0 Å². The summed E-state index contributed by atoms with van der Waals surface area (Å²) in [4.78, 5) is 14.3. The van der Waals surface area contributed by atoms with Gasteiger partial charge in [0.2, 0.25) is 5.91 Å². The van der Waals surface area contributed by atoms with Gasteiger partial charge < -0.3 is 4.90 Å². The van der Waals surface area contributed by atoms with Crippen molar-refractivity contribution in [1.29, 1.82) is 0 Å². The second-order valence-corrected chi connectivity index (χ2v) is 6.71. The number of carbonyl (C=O) groups excluding carboxylic acids is 1. The summed E-state index contributed by atoms with van der Waals surface area (Å²) in [6.07, 6.45) is 9.31. The highest BCUT2D eigenvalue weighted by Crippen LogP contribution is 2.30. The lowest BCUT2D eigenvalue weighted by molar-refractivity contribution is -0.134. The molecule has 20 heavy (non-hydrogen) atoms. The Morgan fingerprint density at radius 2 is 1.85 bits per heavy atom. The zero-order chi connectivity index (χ0) is 15.1. The molecule has 0 unspecified atom stereocenters. The molecule has 1 amide bonds. The first-order chi connectivity index (χ1) is 9.40. The quantitative estimate of drug-likeness (QED) is 0.595. The molecule has 1 saturated carbocycles. The van der Waals surface area contributed by atoms with E-state index in [1.165, 1.54) is 24.0 Å². The van der Waals surface area contributed by atoms with E-state index in [2.05, 4.69) is 32.9 Å². The summed E-state index contributed by atoms with van der Waals surface area (Å²) < 4.78 is 0. The van der Waals surface area contributed by atoms with Crippen LogP contribution in [0.5, 0.6) is 0 Å². The van der Waals surface area contributed by atoms with Crippen LogP contribution >= 0.6 is 0 Å². The average Bonchev–Trinajstić information content (AvgIpc) is 3.16. The number of nitrogens with zero attached hydrogens (tertiary/aromatic N) is 1. The molecule has 1 aliphatic rings. The van der Waals surface area contributed by atoms with Crippen LogP contribution in [0.3, 0.4) is 0 Å². The molecule has 0 spiro atoms. The first-order valence-electron chi connectivity index (χ1n) is 7.98. The summed E-state index contributed by atoms with van der Waals surface area (Å²) in [6, 6.07) is 0. The molecule has 114 valence electrons. The average molecular weight is 277 g/mol. The maximum Gasteiger partial charge on any atom is 0.225 e. The van der Waals surface area contributed by atoms with Crippen molar-refractivity contribution in [3.63, 3.8) is 0 Å².